The number of carbonyl (C=O) groups is 3. The van der Waals surface area contributed by atoms with Gasteiger partial charge in [0.1, 0.15) is 17.2 Å². The third-order valence-corrected chi connectivity index (χ3v) is 5.86. The molecule has 0 bridgehead atoms. The highest BCUT2D eigenvalue weighted by Crippen LogP contribution is 2.55. The van der Waals surface area contributed by atoms with Crippen molar-refractivity contribution in [2.45, 2.75) is 44.4 Å². The van der Waals surface area contributed by atoms with Crippen LogP contribution in [0.15, 0.2) is 47.0 Å². The summed E-state index contributed by atoms with van der Waals surface area (Å²) >= 11 is 0. The number of hydrogen-bond donors (Lipinski definition) is 1. The number of anilines is 1. The van der Waals surface area contributed by atoms with Crippen LogP contribution in [0.25, 0.3) is 0 Å². The number of nitrogens with zero attached hydrogens (tertiary/aromatic N) is 1. The number of ether oxygens (including phenoxy) is 2. The molecule has 7 heteroatoms. The zero-order valence-electron chi connectivity index (χ0n) is 16.6. The van der Waals surface area contributed by atoms with Crippen molar-refractivity contribution in [3.63, 3.8) is 0 Å². The molecule has 0 fully saturated rings. The SMILES string of the molecule is CCCCOC(=O)C1=C(N)N(C)c2ccccc2[C@@]12C(=O)OC1=C2C(=O)CCC1. The number of esters is 2. The third kappa shape index (κ3) is 2.60. The maximum Gasteiger partial charge on any atom is 0.339 e. The molecule has 0 saturated carbocycles. The number of rotatable bonds is 4. The van der Waals surface area contributed by atoms with Crippen molar-refractivity contribution in [1.82, 2.24) is 0 Å². The third-order valence-electron chi connectivity index (χ3n) is 5.86. The summed E-state index contributed by atoms with van der Waals surface area (Å²) < 4.78 is 11.0. The lowest BCUT2D eigenvalue weighted by Gasteiger charge is -2.40. The molecule has 152 valence electrons. The number of unbranched alkanes of at least 4 members (excludes halogenated alkanes) is 1. The Hall–Kier alpha value is -3.09. The van der Waals surface area contributed by atoms with Crippen LogP contribution >= 0.6 is 0 Å². The smallest absolute Gasteiger partial charge is 0.339 e. The number of para-hydroxylation sites is 1. The summed E-state index contributed by atoms with van der Waals surface area (Å²) in [5, 5.41) is 0. The van der Waals surface area contributed by atoms with Crippen LogP contribution in [0.2, 0.25) is 0 Å². The van der Waals surface area contributed by atoms with Gasteiger partial charge in [0.25, 0.3) is 0 Å². The summed E-state index contributed by atoms with van der Waals surface area (Å²) in [7, 11) is 1.72. The van der Waals surface area contributed by atoms with Gasteiger partial charge in [-0.3, -0.25) is 4.79 Å². The van der Waals surface area contributed by atoms with E-state index in [0.717, 1.165) is 6.42 Å². The Morgan fingerprint density at radius 3 is 2.79 bits per heavy atom. The van der Waals surface area contributed by atoms with Crippen LogP contribution in [0.1, 0.15) is 44.6 Å². The Balaban J connectivity index is 1.99. The van der Waals surface area contributed by atoms with E-state index in [1.165, 1.54) is 0 Å². The Morgan fingerprint density at radius 2 is 2.03 bits per heavy atom. The van der Waals surface area contributed by atoms with E-state index in [1.807, 2.05) is 19.1 Å². The molecular weight excluding hydrogens is 372 g/mol. The molecular formula is C22H24N2O5. The largest absolute Gasteiger partial charge is 0.462 e. The van der Waals surface area contributed by atoms with E-state index >= 15 is 0 Å². The molecule has 1 aromatic rings. The van der Waals surface area contributed by atoms with Gasteiger partial charge in [-0.05, 0) is 18.9 Å². The van der Waals surface area contributed by atoms with Crippen molar-refractivity contribution >= 4 is 23.4 Å². The van der Waals surface area contributed by atoms with Crippen molar-refractivity contribution in [3.05, 3.63) is 52.6 Å². The Kier molecular flexibility index (Phi) is 4.68. The van der Waals surface area contributed by atoms with Gasteiger partial charge in [-0.1, -0.05) is 31.5 Å². The van der Waals surface area contributed by atoms with E-state index in [2.05, 4.69) is 0 Å². The van der Waals surface area contributed by atoms with E-state index in [1.54, 1.807) is 24.1 Å². The second-order valence-corrected chi connectivity index (χ2v) is 7.54. The second kappa shape index (κ2) is 7.06. The molecule has 4 rings (SSSR count). The van der Waals surface area contributed by atoms with Gasteiger partial charge < -0.3 is 20.1 Å². The average Bonchev–Trinajstić information content (AvgIpc) is 3.00. The van der Waals surface area contributed by atoms with Crippen molar-refractivity contribution in [2.24, 2.45) is 5.73 Å². The normalized spacial score (nSPS) is 23.3. The Morgan fingerprint density at radius 1 is 1.28 bits per heavy atom. The maximum absolute atomic E-state index is 13.4. The highest BCUT2D eigenvalue weighted by atomic mass is 16.5. The molecule has 7 nitrogen and oxygen atoms in total. The molecule has 2 N–H and O–H groups in total. The first-order valence-electron chi connectivity index (χ1n) is 9.94. The zero-order chi connectivity index (χ0) is 20.8. The van der Waals surface area contributed by atoms with E-state index in [-0.39, 0.29) is 29.4 Å². The molecule has 0 amide bonds. The van der Waals surface area contributed by atoms with Crippen LogP contribution in [-0.4, -0.2) is 31.4 Å². The Bertz CT molecular complexity index is 977. The molecule has 1 aliphatic carbocycles. The van der Waals surface area contributed by atoms with E-state index in [9.17, 15) is 14.4 Å². The van der Waals surface area contributed by atoms with Crippen molar-refractivity contribution < 1.29 is 23.9 Å². The average molecular weight is 396 g/mol. The molecule has 1 atom stereocenters. The number of hydrogen-bond acceptors (Lipinski definition) is 7. The summed E-state index contributed by atoms with van der Waals surface area (Å²) in [5.74, 6) is -1.11. The first-order valence-corrected chi connectivity index (χ1v) is 9.94. The molecule has 0 radical (unpaired) electrons. The van der Waals surface area contributed by atoms with Crippen LogP contribution in [0, 0.1) is 0 Å². The number of ketones is 1. The van der Waals surface area contributed by atoms with Crippen molar-refractivity contribution in [2.75, 3.05) is 18.6 Å². The molecule has 0 saturated heterocycles. The quantitative estimate of drug-likeness (QED) is 0.616. The second-order valence-electron chi connectivity index (χ2n) is 7.54. The predicted molar refractivity (Wildman–Crippen MR) is 106 cm³/mol. The predicted octanol–water partition coefficient (Wildman–Crippen LogP) is 2.45. The number of nitrogens with two attached hydrogens (primary N) is 1. The van der Waals surface area contributed by atoms with Crippen LogP contribution < -0.4 is 10.6 Å². The number of benzene rings is 1. The Labute approximate surface area is 169 Å². The first kappa shape index (κ1) is 19.2. The van der Waals surface area contributed by atoms with Crippen LogP contribution in [-0.2, 0) is 29.3 Å². The number of carbonyl (C=O) groups excluding carboxylic acids is 3. The van der Waals surface area contributed by atoms with Crippen LogP contribution in [0.4, 0.5) is 5.69 Å². The number of allylic oxidation sites excluding steroid dienone is 1. The van der Waals surface area contributed by atoms with Crippen molar-refractivity contribution in [3.8, 4) is 0 Å². The topological polar surface area (TPSA) is 98.9 Å². The summed E-state index contributed by atoms with van der Waals surface area (Å²) in [6.07, 6.45) is 2.93. The first-order chi connectivity index (χ1) is 13.9. The lowest BCUT2D eigenvalue weighted by atomic mass is 9.64. The fourth-order valence-corrected chi connectivity index (χ4v) is 4.44. The van der Waals surface area contributed by atoms with E-state index in [0.29, 0.717) is 42.7 Å². The molecule has 2 heterocycles. The van der Waals surface area contributed by atoms with Gasteiger partial charge >= 0.3 is 11.9 Å². The molecule has 2 aliphatic heterocycles. The maximum atomic E-state index is 13.4. The van der Waals surface area contributed by atoms with E-state index < -0.39 is 17.4 Å². The van der Waals surface area contributed by atoms with Gasteiger partial charge in [0.05, 0.1) is 12.2 Å². The van der Waals surface area contributed by atoms with Gasteiger partial charge in [-0.15, -0.1) is 0 Å². The minimum atomic E-state index is -1.68. The standard InChI is InChI=1S/C22H24N2O5/c1-3-4-12-28-20(26)18-19(23)24(2)14-9-6-5-8-13(14)22(18)17-15(25)10-7-11-16(17)29-21(22)27/h5-6,8-9H,3-4,7,10-12,23H2,1-2H3/t22-/m0/s1. The van der Waals surface area contributed by atoms with E-state index in [4.69, 9.17) is 15.2 Å². The summed E-state index contributed by atoms with van der Waals surface area (Å²) in [5.41, 5.74) is 6.09. The summed E-state index contributed by atoms with van der Waals surface area (Å²) in [6.45, 7) is 2.20. The van der Waals surface area contributed by atoms with Crippen molar-refractivity contribution in [1.29, 1.82) is 0 Å². The highest BCUT2D eigenvalue weighted by molar-refractivity contribution is 6.17. The monoisotopic (exact) mass is 396 g/mol. The lowest BCUT2D eigenvalue weighted by Crippen LogP contribution is -2.49. The fraction of sp³-hybridized carbons (Fsp3) is 0.409. The van der Waals surface area contributed by atoms with Gasteiger partial charge in [-0.25, -0.2) is 9.59 Å². The summed E-state index contributed by atoms with van der Waals surface area (Å²) in [4.78, 5) is 41.2. The van der Waals surface area contributed by atoms with Gasteiger partial charge in [-0.2, -0.15) is 0 Å². The van der Waals surface area contributed by atoms with Gasteiger partial charge in [0, 0.05) is 31.1 Å². The lowest BCUT2D eigenvalue weighted by molar-refractivity contribution is -0.146. The summed E-state index contributed by atoms with van der Waals surface area (Å²) in [6, 6.07) is 7.15. The minimum Gasteiger partial charge on any atom is -0.462 e. The molecule has 3 aliphatic rings. The van der Waals surface area contributed by atoms with Crippen LogP contribution in [0.3, 0.4) is 0 Å². The molecule has 0 aromatic heterocycles. The molecule has 29 heavy (non-hydrogen) atoms. The number of Topliss-reactive ketones (excluding diaryl/α,β-unsaturated/α-hetero) is 1. The zero-order valence-corrected chi connectivity index (χ0v) is 16.6. The highest BCUT2D eigenvalue weighted by Gasteiger charge is 2.63. The minimum absolute atomic E-state index is 0.0277. The molecule has 1 aromatic carbocycles. The molecule has 1 spiro atoms. The van der Waals surface area contributed by atoms with Gasteiger partial charge in [0.15, 0.2) is 11.2 Å². The van der Waals surface area contributed by atoms with Crippen LogP contribution in [0.5, 0.6) is 0 Å². The fourth-order valence-electron chi connectivity index (χ4n) is 4.44. The molecule has 0 unspecified atom stereocenters. The number of fused-ring (bicyclic) bond motifs is 3. The van der Waals surface area contributed by atoms with Gasteiger partial charge in [0.2, 0.25) is 0 Å².